The van der Waals surface area contributed by atoms with Gasteiger partial charge in [-0.15, -0.1) is 0 Å². The molecule has 2 aromatic rings. The molecule has 0 spiro atoms. The first-order chi connectivity index (χ1) is 12.8. The van der Waals surface area contributed by atoms with E-state index in [0.29, 0.717) is 5.02 Å². The predicted octanol–water partition coefficient (Wildman–Crippen LogP) is 5.13. The normalized spacial score (nSPS) is 11.9. The molecule has 0 aromatic heterocycles. The van der Waals surface area contributed by atoms with Gasteiger partial charge in [-0.3, -0.25) is 9.59 Å². The summed E-state index contributed by atoms with van der Waals surface area (Å²) in [6, 6.07) is 13.0. The summed E-state index contributed by atoms with van der Waals surface area (Å²) in [7, 11) is 0. The number of amides is 1. The molecular weight excluding hydrogens is 362 g/mol. The number of hydrogen-bond acceptors (Lipinski definition) is 3. The van der Waals surface area contributed by atoms with Crippen molar-refractivity contribution in [2.75, 3.05) is 11.9 Å². The molecule has 0 aliphatic heterocycles. The number of rotatable bonds is 7. The van der Waals surface area contributed by atoms with Crippen LogP contribution in [0.5, 0.6) is 0 Å². The van der Waals surface area contributed by atoms with Crippen molar-refractivity contribution in [1.29, 1.82) is 0 Å². The summed E-state index contributed by atoms with van der Waals surface area (Å²) in [5.41, 5.74) is 3.65. The first-order valence-corrected chi connectivity index (χ1v) is 9.51. The molecule has 0 saturated heterocycles. The van der Waals surface area contributed by atoms with Crippen molar-refractivity contribution < 1.29 is 14.3 Å². The third-order valence-corrected chi connectivity index (χ3v) is 4.75. The van der Waals surface area contributed by atoms with Gasteiger partial charge in [0.2, 0.25) is 0 Å². The lowest BCUT2D eigenvalue weighted by Crippen LogP contribution is -2.26. The van der Waals surface area contributed by atoms with E-state index in [1.165, 1.54) is 0 Å². The Balaban J connectivity index is 2.03. The Bertz CT molecular complexity index is 800. The highest BCUT2D eigenvalue weighted by molar-refractivity contribution is 6.30. The Morgan fingerprint density at radius 1 is 1.11 bits per heavy atom. The molecule has 4 nitrogen and oxygen atoms in total. The third-order valence-electron chi connectivity index (χ3n) is 4.50. The largest absolute Gasteiger partial charge is 0.455 e. The minimum atomic E-state index is -0.445. The number of halogens is 1. The van der Waals surface area contributed by atoms with E-state index in [2.05, 4.69) is 5.32 Å². The van der Waals surface area contributed by atoms with Crippen LogP contribution < -0.4 is 5.32 Å². The Labute approximate surface area is 165 Å². The SMILES string of the molecule is CCc1cccc(C)c1NC(=O)COC(=O)[C@@H](c1ccc(Cl)cc1)C(C)C. The molecule has 144 valence electrons. The number of anilines is 1. The molecule has 0 saturated carbocycles. The minimum Gasteiger partial charge on any atom is -0.455 e. The number of aryl methyl sites for hydroxylation is 2. The number of carbonyl (C=O) groups is 2. The second-order valence-electron chi connectivity index (χ2n) is 6.89. The van der Waals surface area contributed by atoms with Gasteiger partial charge in [-0.1, -0.05) is 62.7 Å². The maximum absolute atomic E-state index is 12.6. The van der Waals surface area contributed by atoms with E-state index < -0.39 is 11.9 Å². The van der Waals surface area contributed by atoms with Crippen molar-refractivity contribution in [2.45, 2.75) is 40.0 Å². The summed E-state index contributed by atoms with van der Waals surface area (Å²) in [6.45, 7) is 7.55. The van der Waals surface area contributed by atoms with Crippen molar-refractivity contribution in [1.82, 2.24) is 0 Å². The molecule has 27 heavy (non-hydrogen) atoms. The summed E-state index contributed by atoms with van der Waals surface area (Å²) < 4.78 is 5.31. The average Bonchev–Trinajstić information content (AvgIpc) is 2.63. The zero-order chi connectivity index (χ0) is 20.0. The van der Waals surface area contributed by atoms with Crippen molar-refractivity contribution in [3.63, 3.8) is 0 Å². The molecule has 0 radical (unpaired) electrons. The summed E-state index contributed by atoms with van der Waals surface area (Å²) in [4.78, 5) is 24.9. The van der Waals surface area contributed by atoms with Gasteiger partial charge in [0.25, 0.3) is 5.91 Å². The number of para-hydroxylation sites is 1. The van der Waals surface area contributed by atoms with Gasteiger partial charge >= 0.3 is 5.97 Å². The van der Waals surface area contributed by atoms with Gasteiger partial charge in [-0.05, 0) is 48.1 Å². The zero-order valence-electron chi connectivity index (χ0n) is 16.2. The summed E-state index contributed by atoms with van der Waals surface area (Å²) >= 11 is 5.92. The average molecular weight is 388 g/mol. The Morgan fingerprint density at radius 2 is 1.78 bits per heavy atom. The molecule has 2 rings (SSSR count). The van der Waals surface area contributed by atoms with Crippen LogP contribution in [0.3, 0.4) is 0 Å². The zero-order valence-corrected chi connectivity index (χ0v) is 17.0. The Kier molecular flexibility index (Phi) is 7.43. The van der Waals surface area contributed by atoms with E-state index in [9.17, 15) is 9.59 Å². The fraction of sp³-hybridized carbons (Fsp3) is 0.364. The van der Waals surface area contributed by atoms with Crippen molar-refractivity contribution in [3.05, 3.63) is 64.2 Å². The smallest absolute Gasteiger partial charge is 0.314 e. The molecule has 0 bridgehead atoms. The lowest BCUT2D eigenvalue weighted by Gasteiger charge is -2.20. The van der Waals surface area contributed by atoms with E-state index in [-0.39, 0.29) is 18.4 Å². The van der Waals surface area contributed by atoms with Crippen molar-refractivity contribution in [3.8, 4) is 0 Å². The molecule has 2 aromatic carbocycles. The fourth-order valence-corrected chi connectivity index (χ4v) is 3.19. The van der Waals surface area contributed by atoms with E-state index in [1.807, 2.05) is 58.0 Å². The molecule has 1 N–H and O–H groups in total. The maximum Gasteiger partial charge on any atom is 0.314 e. The van der Waals surface area contributed by atoms with Gasteiger partial charge in [-0.2, -0.15) is 0 Å². The van der Waals surface area contributed by atoms with Gasteiger partial charge in [0.1, 0.15) is 0 Å². The highest BCUT2D eigenvalue weighted by Crippen LogP contribution is 2.27. The van der Waals surface area contributed by atoms with Gasteiger partial charge in [0.15, 0.2) is 6.61 Å². The molecule has 0 unspecified atom stereocenters. The fourth-order valence-electron chi connectivity index (χ4n) is 3.07. The summed E-state index contributed by atoms with van der Waals surface area (Å²) in [6.07, 6.45) is 0.809. The van der Waals surface area contributed by atoms with Gasteiger partial charge in [0, 0.05) is 10.7 Å². The van der Waals surface area contributed by atoms with Gasteiger partial charge < -0.3 is 10.1 Å². The van der Waals surface area contributed by atoms with E-state index >= 15 is 0 Å². The Morgan fingerprint density at radius 3 is 2.37 bits per heavy atom. The molecule has 1 amide bonds. The van der Waals surface area contributed by atoms with Crippen LogP contribution in [-0.2, 0) is 20.7 Å². The maximum atomic E-state index is 12.6. The van der Waals surface area contributed by atoms with E-state index in [4.69, 9.17) is 16.3 Å². The molecule has 1 atom stereocenters. The van der Waals surface area contributed by atoms with Crippen LogP contribution in [-0.4, -0.2) is 18.5 Å². The first kappa shape index (κ1) is 21.0. The second-order valence-corrected chi connectivity index (χ2v) is 7.33. The minimum absolute atomic E-state index is 0.0322. The van der Waals surface area contributed by atoms with Crippen LogP contribution in [0.4, 0.5) is 5.69 Å². The Hall–Kier alpha value is -2.33. The number of hydrogen-bond donors (Lipinski definition) is 1. The molecule has 0 aliphatic carbocycles. The second kappa shape index (κ2) is 9.56. The number of ether oxygens (including phenoxy) is 1. The molecule has 5 heteroatoms. The highest BCUT2D eigenvalue weighted by atomic mass is 35.5. The van der Waals surface area contributed by atoms with Crippen LogP contribution in [0.25, 0.3) is 0 Å². The van der Waals surface area contributed by atoms with Crippen LogP contribution >= 0.6 is 11.6 Å². The number of benzene rings is 2. The summed E-state index contributed by atoms with van der Waals surface area (Å²) in [5.74, 6) is -1.17. The monoisotopic (exact) mass is 387 g/mol. The quantitative estimate of drug-likeness (QED) is 0.670. The topological polar surface area (TPSA) is 55.4 Å². The number of nitrogens with one attached hydrogen (secondary N) is 1. The highest BCUT2D eigenvalue weighted by Gasteiger charge is 2.26. The molecule has 0 fully saturated rings. The standard InChI is InChI=1S/C22H26ClNO3/c1-5-16-8-6-7-15(4)21(16)24-19(25)13-27-22(26)20(14(2)3)17-9-11-18(23)12-10-17/h6-12,14,20H,5,13H2,1-4H3,(H,24,25)/t20-/m1/s1. The third kappa shape index (κ3) is 5.57. The number of esters is 1. The number of carbonyl (C=O) groups excluding carboxylic acids is 2. The predicted molar refractivity (Wildman–Crippen MR) is 109 cm³/mol. The molecular formula is C22H26ClNO3. The van der Waals surface area contributed by atoms with Gasteiger partial charge in [0.05, 0.1) is 5.92 Å². The van der Waals surface area contributed by atoms with Crippen LogP contribution in [0.1, 0.15) is 43.4 Å². The lowest BCUT2D eigenvalue weighted by atomic mass is 9.88. The van der Waals surface area contributed by atoms with Gasteiger partial charge in [-0.25, -0.2) is 0 Å². The summed E-state index contributed by atoms with van der Waals surface area (Å²) in [5, 5.41) is 3.48. The van der Waals surface area contributed by atoms with Crippen molar-refractivity contribution >= 4 is 29.2 Å². The van der Waals surface area contributed by atoms with E-state index in [0.717, 1.165) is 28.8 Å². The van der Waals surface area contributed by atoms with E-state index in [1.54, 1.807) is 12.1 Å². The first-order valence-electron chi connectivity index (χ1n) is 9.14. The van der Waals surface area contributed by atoms with Crippen LogP contribution in [0.2, 0.25) is 5.02 Å². The van der Waals surface area contributed by atoms with Crippen molar-refractivity contribution in [2.24, 2.45) is 5.92 Å². The molecule has 0 heterocycles. The lowest BCUT2D eigenvalue weighted by molar-refractivity contribution is -0.149. The molecule has 0 aliphatic rings. The van der Waals surface area contributed by atoms with Crippen LogP contribution in [0, 0.1) is 12.8 Å². The van der Waals surface area contributed by atoms with Crippen LogP contribution in [0.15, 0.2) is 42.5 Å².